The number of anilines is 1. The third-order valence-electron chi connectivity index (χ3n) is 4.78. The largest absolute Gasteiger partial charge is 0.322 e. The van der Waals surface area contributed by atoms with E-state index in [1.54, 1.807) is 30.5 Å². The van der Waals surface area contributed by atoms with E-state index < -0.39 is 0 Å². The maximum Gasteiger partial charge on any atom is 0.234 e. The average molecular weight is 473 g/mol. The molecule has 0 aliphatic carbocycles. The van der Waals surface area contributed by atoms with Crippen molar-refractivity contribution in [1.29, 1.82) is 0 Å². The van der Waals surface area contributed by atoms with Crippen molar-refractivity contribution in [3.05, 3.63) is 91.4 Å². The number of hydrogen-bond donors (Lipinski definition) is 1. The lowest BCUT2D eigenvalue weighted by atomic mass is 10.2. The highest BCUT2D eigenvalue weighted by atomic mass is 32.2. The van der Waals surface area contributed by atoms with Crippen molar-refractivity contribution in [1.82, 2.24) is 34.5 Å². The van der Waals surface area contributed by atoms with Crippen LogP contribution in [0.15, 0.2) is 90.7 Å². The molecular formula is C23H17FN8OS. The number of thioether (sulfide) groups is 1. The molecule has 0 aliphatic heterocycles. The summed E-state index contributed by atoms with van der Waals surface area (Å²) in [5, 5.41) is 16.1. The number of rotatable bonds is 7. The van der Waals surface area contributed by atoms with Crippen molar-refractivity contribution in [2.24, 2.45) is 0 Å². The Morgan fingerprint density at radius 3 is 2.59 bits per heavy atom. The van der Waals surface area contributed by atoms with E-state index in [9.17, 15) is 9.18 Å². The Labute approximate surface area is 197 Å². The van der Waals surface area contributed by atoms with E-state index in [1.165, 1.54) is 41.2 Å². The van der Waals surface area contributed by atoms with Gasteiger partial charge in [0.05, 0.1) is 11.4 Å². The normalized spacial score (nSPS) is 10.9. The van der Waals surface area contributed by atoms with Gasteiger partial charge in [-0.2, -0.15) is 5.10 Å². The monoisotopic (exact) mass is 472 g/mol. The number of aromatic nitrogens is 7. The Hall–Kier alpha value is -4.38. The molecule has 3 aromatic heterocycles. The van der Waals surface area contributed by atoms with E-state index in [4.69, 9.17) is 0 Å². The molecule has 11 heteroatoms. The standard InChI is InChI=1S/C23H17FN8OS/c24-17-10-8-16(9-11-17)21-29-30-23(32(21)18-5-2-1-3-6-18)34-13-20(33)28-19-7-4-12-26-22(19)31-15-25-14-27-31/h1-12,14-15H,13H2,(H,28,33). The summed E-state index contributed by atoms with van der Waals surface area (Å²) in [6, 6.07) is 19.1. The van der Waals surface area contributed by atoms with E-state index in [-0.39, 0.29) is 17.5 Å². The van der Waals surface area contributed by atoms with Crippen molar-refractivity contribution in [3.63, 3.8) is 0 Å². The van der Waals surface area contributed by atoms with Crippen LogP contribution in [0.25, 0.3) is 22.9 Å². The molecular weight excluding hydrogens is 455 g/mol. The van der Waals surface area contributed by atoms with Crippen LogP contribution in [0.3, 0.4) is 0 Å². The zero-order chi connectivity index (χ0) is 23.3. The highest BCUT2D eigenvalue weighted by molar-refractivity contribution is 7.99. The van der Waals surface area contributed by atoms with Crippen molar-refractivity contribution in [2.75, 3.05) is 11.1 Å². The SMILES string of the molecule is O=C(CSc1nnc(-c2ccc(F)cc2)n1-c1ccccc1)Nc1cccnc1-n1cncn1. The van der Waals surface area contributed by atoms with Crippen LogP contribution >= 0.6 is 11.8 Å². The lowest BCUT2D eigenvalue weighted by molar-refractivity contribution is -0.113. The number of hydrogen-bond acceptors (Lipinski definition) is 7. The first-order valence-corrected chi connectivity index (χ1v) is 11.2. The van der Waals surface area contributed by atoms with E-state index in [0.29, 0.717) is 28.0 Å². The first kappa shape index (κ1) is 21.5. The Morgan fingerprint density at radius 2 is 1.82 bits per heavy atom. The minimum atomic E-state index is -0.332. The maximum atomic E-state index is 13.4. The third-order valence-corrected chi connectivity index (χ3v) is 5.71. The quantitative estimate of drug-likeness (QED) is 0.360. The van der Waals surface area contributed by atoms with E-state index >= 15 is 0 Å². The van der Waals surface area contributed by atoms with Gasteiger partial charge in [0.1, 0.15) is 18.5 Å². The molecule has 0 unspecified atom stereocenters. The summed E-state index contributed by atoms with van der Waals surface area (Å²) >= 11 is 1.24. The molecule has 0 spiro atoms. The third kappa shape index (κ3) is 4.55. The molecule has 0 saturated carbocycles. The zero-order valence-corrected chi connectivity index (χ0v) is 18.4. The molecule has 0 radical (unpaired) electrons. The van der Waals surface area contributed by atoms with Gasteiger partial charge < -0.3 is 5.32 Å². The van der Waals surface area contributed by atoms with E-state index in [1.807, 2.05) is 34.9 Å². The van der Waals surface area contributed by atoms with Gasteiger partial charge in [-0.05, 0) is 48.5 Å². The fourth-order valence-corrected chi connectivity index (χ4v) is 4.02. The van der Waals surface area contributed by atoms with Gasteiger partial charge in [-0.25, -0.2) is 19.0 Å². The predicted octanol–water partition coefficient (Wildman–Crippen LogP) is 3.78. The fraction of sp³-hybridized carbons (Fsp3) is 0.0435. The fourth-order valence-electron chi connectivity index (χ4n) is 3.27. The van der Waals surface area contributed by atoms with Crippen LogP contribution in [0, 0.1) is 5.82 Å². The lowest BCUT2D eigenvalue weighted by Gasteiger charge is -2.11. The molecule has 5 rings (SSSR count). The van der Waals surface area contributed by atoms with Crippen LogP contribution in [0.4, 0.5) is 10.1 Å². The van der Waals surface area contributed by atoms with Gasteiger partial charge in [-0.15, -0.1) is 10.2 Å². The highest BCUT2D eigenvalue weighted by Crippen LogP contribution is 2.28. The molecule has 34 heavy (non-hydrogen) atoms. The average Bonchev–Trinajstić information content (AvgIpc) is 3.55. The summed E-state index contributed by atoms with van der Waals surface area (Å²) in [6.45, 7) is 0. The van der Waals surface area contributed by atoms with Crippen molar-refractivity contribution in [2.45, 2.75) is 5.16 Å². The van der Waals surface area contributed by atoms with Gasteiger partial charge in [0.2, 0.25) is 5.91 Å². The van der Waals surface area contributed by atoms with Crippen molar-refractivity contribution in [3.8, 4) is 22.9 Å². The molecule has 0 saturated heterocycles. The second kappa shape index (κ2) is 9.63. The Bertz CT molecular complexity index is 1400. The predicted molar refractivity (Wildman–Crippen MR) is 125 cm³/mol. The first-order chi connectivity index (χ1) is 16.7. The zero-order valence-electron chi connectivity index (χ0n) is 17.6. The maximum absolute atomic E-state index is 13.4. The molecule has 0 atom stereocenters. The minimum Gasteiger partial charge on any atom is -0.322 e. The molecule has 2 aromatic carbocycles. The molecule has 0 aliphatic rings. The Morgan fingerprint density at radius 1 is 1.00 bits per heavy atom. The van der Waals surface area contributed by atoms with Crippen LogP contribution in [-0.2, 0) is 4.79 Å². The molecule has 1 amide bonds. The van der Waals surface area contributed by atoms with Gasteiger partial charge in [0.15, 0.2) is 16.8 Å². The molecule has 168 valence electrons. The van der Waals surface area contributed by atoms with Crippen molar-refractivity contribution >= 4 is 23.4 Å². The van der Waals surface area contributed by atoms with Crippen molar-refractivity contribution < 1.29 is 9.18 Å². The molecule has 0 bridgehead atoms. The number of carbonyl (C=O) groups is 1. The van der Waals surface area contributed by atoms with E-state index in [2.05, 4.69) is 30.6 Å². The second-order valence-corrected chi connectivity index (χ2v) is 7.98. The number of amides is 1. The van der Waals surface area contributed by atoms with Crippen LogP contribution in [0.2, 0.25) is 0 Å². The van der Waals surface area contributed by atoms with Crippen LogP contribution in [-0.4, -0.2) is 46.2 Å². The Kier molecular flexibility index (Phi) is 6.08. The molecule has 0 fully saturated rings. The van der Waals surface area contributed by atoms with Gasteiger partial charge >= 0.3 is 0 Å². The summed E-state index contributed by atoms with van der Waals surface area (Å²) in [6.07, 6.45) is 4.51. The summed E-state index contributed by atoms with van der Waals surface area (Å²) in [5.41, 5.74) is 2.05. The highest BCUT2D eigenvalue weighted by Gasteiger charge is 2.18. The summed E-state index contributed by atoms with van der Waals surface area (Å²) in [7, 11) is 0. The Balaban J connectivity index is 1.38. The number of nitrogens with zero attached hydrogens (tertiary/aromatic N) is 7. The topological polar surface area (TPSA) is 103 Å². The number of carbonyl (C=O) groups excluding carboxylic acids is 1. The lowest BCUT2D eigenvalue weighted by Crippen LogP contribution is -2.17. The minimum absolute atomic E-state index is 0.0834. The van der Waals surface area contributed by atoms with Gasteiger partial charge in [0.25, 0.3) is 0 Å². The van der Waals surface area contributed by atoms with Crippen LogP contribution < -0.4 is 5.32 Å². The number of benzene rings is 2. The number of para-hydroxylation sites is 1. The van der Waals surface area contributed by atoms with Gasteiger partial charge in [-0.3, -0.25) is 9.36 Å². The summed E-state index contributed by atoms with van der Waals surface area (Å²) in [4.78, 5) is 21.0. The second-order valence-electron chi connectivity index (χ2n) is 7.04. The van der Waals surface area contributed by atoms with Gasteiger partial charge in [0, 0.05) is 17.4 Å². The van der Waals surface area contributed by atoms with Crippen LogP contribution in [0.1, 0.15) is 0 Å². The number of pyridine rings is 1. The molecule has 3 heterocycles. The first-order valence-electron chi connectivity index (χ1n) is 10.2. The smallest absolute Gasteiger partial charge is 0.234 e. The summed E-state index contributed by atoms with van der Waals surface area (Å²) < 4.78 is 16.8. The molecule has 1 N–H and O–H groups in total. The van der Waals surface area contributed by atoms with Gasteiger partial charge in [-0.1, -0.05) is 30.0 Å². The molecule has 9 nitrogen and oxygen atoms in total. The molecule has 5 aromatic rings. The van der Waals surface area contributed by atoms with Crippen LogP contribution in [0.5, 0.6) is 0 Å². The summed E-state index contributed by atoms with van der Waals surface area (Å²) in [5.74, 6) is 0.520. The number of halogens is 1. The number of nitrogens with one attached hydrogen (secondary N) is 1. The van der Waals surface area contributed by atoms with E-state index in [0.717, 1.165) is 5.69 Å².